The van der Waals surface area contributed by atoms with Crippen molar-refractivity contribution < 1.29 is 9.59 Å². The maximum absolute atomic E-state index is 12.1. The second kappa shape index (κ2) is 8.13. The third-order valence-electron chi connectivity index (χ3n) is 5.00. The summed E-state index contributed by atoms with van der Waals surface area (Å²) in [6.45, 7) is 2.39. The summed E-state index contributed by atoms with van der Waals surface area (Å²) in [5, 5.41) is 5.66. The number of nitrogens with zero attached hydrogens (tertiary/aromatic N) is 1. The first kappa shape index (κ1) is 18.1. The summed E-state index contributed by atoms with van der Waals surface area (Å²) in [5.74, 6) is 0.240. The molecule has 0 radical (unpaired) electrons. The van der Waals surface area contributed by atoms with Crippen molar-refractivity contribution in [3.63, 3.8) is 0 Å². The standard InChI is InChI=1S/C21H25N3O2/c1-14-18(21(26)22-2)11-12-19(24-14)16-9-7-15(8-10-16)13-23-20(25)17-5-3-4-6-17/h7-12,17H,3-6,13H2,1-2H3,(H,22,26)(H,23,25). The highest BCUT2D eigenvalue weighted by molar-refractivity contribution is 5.95. The lowest BCUT2D eigenvalue weighted by atomic mass is 10.1. The minimum atomic E-state index is -0.130. The molecular formula is C21H25N3O2. The summed E-state index contributed by atoms with van der Waals surface area (Å²) in [5.41, 5.74) is 4.18. The van der Waals surface area contributed by atoms with E-state index >= 15 is 0 Å². The summed E-state index contributed by atoms with van der Waals surface area (Å²) < 4.78 is 0. The van der Waals surface area contributed by atoms with E-state index < -0.39 is 0 Å². The highest BCUT2D eigenvalue weighted by atomic mass is 16.2. The third-order valence-corrected chi connectivity index (χ3v) is 5.00. The number of hydrogen-bond acceptors (Lipinski definition) is 3. The molecule has 136 valence electrons. The molecule has 2 aromatic rings. The number of amides is 2. The van der Waals surface area contributed by atoms with Crippen LogP contribution in [-0.4, -0.2) is 23.8 Å². The summed E-state index contributed by atoms with van der Waals surface area (Å²) in [6.07, 6.45) is 4.36. The van der Waals surface area contributed by atoms with Gasteiger partial charge in [-0.1, -0.05) is 37.1 Å². The quantitative estimate of drug-likeness (QED) is 0.869. The van der Waals surface area contributed by atoms with E-state index in [4.69, 9.17) is 0 Å². The number of pyridine rings is 1. The van der Waals surface area contributed by atoms with Crippen LogP contribution in [0.1, 0.15) is 47.3 Å². The summed E-state index contributed by atoms with van der Waals surface area (Å²) in [6, 6.07) is 11.7. The van der Waals surface area contributed by atoms with E-state index in [1.54, 1.807) is 13.1 Å². The molecule has 1 fully saturated rings. The zero-order valence-electron chi connectivity index (χ0n) is 15.3. The van der Waals surface area contributed by atoms with E-state index in [1.165, 1.54) is 0 Å². The second-order valence-corrected chi connectivity index (χ2v) is 6.80. The molecule has 0 unspecified atom stereocenters. The number of rotatable bonds is 5. The molecule has 0 aliphatic heterocycles. The van der Waals surface area contributed by atoms with E-state index in [2.05, 4.69) is 15.6 Å². The second-order valence-electron chi connectivity index (χ2n) is 6.80. The van der Waals surface area contributed by atoms with Crippen molar-refractivity contribution in [2.45, 2.75) is 39.2 Å². The van der Waals surface area contributed by atoms with E-state index in [0.717, 1.165) is 42.5 Å². The summed E-state index contributed by atoms with van der Waals surface area (Å²) in [7, 11) is 1.61. The van der Waals surface area contributed by atoms with Crippen molar-refractivity contribution in [2.24, 2.45) is 5.92 Å². The normalized spacial score (nSPS) is 14.2. The smallest absolute Gasteiger partial charge is 0.252 e. The van der Waals surface area contributed by atoms with Gasteiger partial charge in [-0.15, -0.1) is 0 Å². The van der Waals surface area contributed by atoms with Gasteiger partial charge in [0, 0.05) is 25.1 Å². The predicted molar refractivity (Wildman–Crippen MR) is 102 cm³/mol. The minimum absolute atomic E-state index is 0.130. The molecule has 5 heteroatoms. The Morgan fingerprint density at radius 3 is 2.38 bits per heavy atom. The first-order chi connectivity index (χ1) is 12.6. The van der Waals surface area contributed by atoms with E-state index in [0.29, 0.717) is 17.8 Å². The molecule has 0 bridgehead atoms. The molecular weight excluding hydrogens is 326 g/mol. The molecule has 1 aromatic heterocycles. The van der Waals surface area contributed by atoms with Crippen LogP contribution < -0.4 is 10.6 Å². The van der Waals surface area contributed by atoms with Gasteiger partial charge in [-0.3, -0.25) is 14.6 Å². The largest absolute Gasteiger partial charge is 0.355 e. The molecule has 2 amide bonds. The predicted octanol–water partition coefficient (Wildman–Crippen LogP) is 3.22. The topological polar surface area (TPSA) is 71.1 Å². The maximum Gasteiger partial charge on any atom is 0.252 e. The summed E-state index contributed by atoms with van der Waals surface area (Å²) >= 11 is 0. The summed E-state index contributed by atoms with van der Waals surface area (Å²) in [4.78, 5) is 28.4. The third kappa shape index (κ3) is 4.10. The lowest BCUT2D eigenvalue weighted by Gasteiger charge is -2.11. The molecule has 1 aliphatic rings. The highest BCUT2D eigenvalue weighted by Gasteiger charge is 2.22. The van der Waals surface area contributed by atoms with Gasteiger partial charge < -0.3 is 10.6 Å². The Balaban J connectivity index is 1.64. The van der Waals surface area contributed by atoms with Crippen LogP contribution >= 0.6 is 0 Å². The number of aromatic nitrogens is 1. The number of benzene rings is 1. The minimum Gasteiger partial charge on any atom is -0.355 e. The maximum atomic E-state index is 12.1. The van der Waals surface area contributed by atoms with Gasteiger partial charge in [0.15, 0.2) is 0 Å². The van der Waals surface area contributed by atoms with Gasteiger partial charge in [-0.2, -0.15) is 0 Å². The molecule has 1 aliphatic carbocycles. The number of carbonyl (C=O) groups is 2. The molecule has 0 spiro atoms. The zero-order chi connectivity index (χ0) is 18.5. The number of nitrogens with one attached hydrogen (secondary N) is 2. The first-order valence-corrected chi connectivity index (χ1v) is 9.15. The average Bonchev–Trinajstić information content (AvgIpc) is 3.21. The van der Waals surface area contributed by atoms with Crippen molar-refractivity contribution >= 4 is 11.8 Å². The Hall–Kier alpha value is -2.69. The van der Waals surface area contributed by atoms with Crippen LogP contribution in [0.3, 0.4) is 0 Å². The molecule has 1 saturated carbocycles. The van der Waals surface area contributed by atoms with Crippen LogP contribution in [0.25, 0.3) is 11.3 Å². The first-order valence-electron chi connectivity index (χ1n) is 9.15. The molecule has 1 aromatic carbocycles. The average molecular weight is 351 g/mol. The van der Waals surface area contributed by atoms with Gasteiger partial charge in [-0.05, 0) is 37.5 Å². The molecule has 0 atom stereocenters. The van der Waals surface area contributed by atoms with E-state index in [1.807, 2.05) is 37.3 Å². The Kier molecular flexibility index (Phi) is 5.66. The lowest BCUT2D eigenvalue weighted by molar-refractivity contribution is -0.124. The van der Waals surface area contributed by atoms with Gasteiger partial charge in [0.2, 0.25) is 5.91 Å². The molecule has 5 nitrogen and oxygen atoms in total. The molecule has 0 saturated heterocycles. The van der Waals surface area contributed by atoms with E-state index in [-0.39, 0.29) is 17.7 Å². The van der Waals surface area contributed by atoms with Gasteiger partial charge in [0.1, 0.15) is 0 Å². The van der Waals surface area contributed by atoms with Crippen molar-refractivity contribution in [3.8, 4) is 11.3 Å². The van der Waals surface area contributed by atoms with Crippen molar-refractivity contribution in [2.75, 3.05) is 7.05 Å². The van der Waals surface area contributed by atoms with E-state index in [9.17, 15) is 9.59 Å². The van der Waals surface area contributed by atoms with Crippen LogP contribution in [0.15, 0.2) is 36.4 Å². The number of carbonyl (C=O) groups excluding carboxylic acids is 2. The van der Waals surface area contributed by atoms with Gasteiger partial charge in [0.05, 0.1) is 17.0 Å². The van der Waals surface area contributed by atoms with Crippen LogP contribution in [0.4, 0.5) is 0 Å². The fourth-order valence-electron chi connectivity index (χ4n) is 3.41. The fourth-order valence-corrected chi connectivity index (χ4v) is 3.41. The fraction of sp³-hybridized carbons (Fsp3) is 0.381. The Morgan fingerprint density at radius 2 is 1.77 bits per heavy atom. The van der Waals surface area contributed by atoms with Crippen LogP contribution in [0, 0.1) is 12.8 Å². The number of hydrogen-bond donors (Lipinski definition) is 2. The van der Waals surface area contributed by atoms with Crippen molar-refractivity contribution in [1.29, 1.82) is 0 Å². The van der Waals surface area contributed by atoms with Crippen LogP contribution in [-0.2, 0) is 11.3 Å². The zero-order valence-corrected chi connectivity index (χ0v) is 15.3. The Bertz CT molecular complexity index is 793. The molecule has 2 N–H and O–H groups in total. The van der Waals surface area contributed by atoms with Gasteiger partial charge >= 0.3 is 0 Å². The van der Waals surface area contributed by atoms with Gasteiger partial charge in [-0.25, -0.2) is 0 Å². The van der Waals surface area contributed by atoms with Crippen molar-refractivity contribution in [1.82, 2.24) is 15.6 Å². The van der Waals surface area contributed by atoms with Crippen LogP contribution in [0.5, 0.6) is 0 Å². The molecule has 3 rings (SSSR count). The Labute approximate surface area is 154 Å². The highest BCUT2D eigenvalue weighted by Crippen LogP contribution is 2.25. The van der Waals surface area contributed by atoms with Crippen LogP contribution in [0.2, 0.25) is 0 Å². The molecule has 1 heterocycles. The molecule has 26 heavy (non-hydrogen) atoms. The lowest BCUT2D eigenvalue weighted by Crippen LogP contribution is -2.28. The van der Waals surface area contributed by atoms with Gasteiger partial charge in [0.25, 0.3) is 5.91 Å². The van der Waals surface area contributed by atoms with Crippen molar-refractivity contribution in [3.05, 3.63) is 53.2 Å². The monoisotopic (exact) mass is 351 g/mol. The SMILES string of the molecule is CNC(=O)c1ccc(-c2ccc(CNC(=O)C3CCCC3)cc2)nc1C. The Morgan fingerprint density at radius 1 is 1.08 bits per heavy atom. The number of aryl methyl sites for hydroxylation is 1.